The van der Waals surface area contributed by atoms with Gasteiger partial charge in [0.2, 0.25) is 0 Å². The molecule has 110 valence electrons. The van der Waals surface area contributed by atoms with Crippen LogP contribution in [0.3, 0.4) is 0 Å². The predicted molar refractivity (Wildman–Crippen MR) is 81.6 cm³/mol. The number of aliphatic carboxylic acids is 1. The van der Waals surface area contributed by atoms with Gasteiger partial charge in [0.05, 0.1) is 17.5 Å². The summed E-state index contributed by atoms with van der Waals surface area (Å²) in [7, 11) is 0. The van der Waals surface area contributed by atoms with Gasteiger partial charge in [0.25, 0.3) is 5.91 Å². The van der Waals surface area contributed by atoms with Gasteiger partial charge in [0, 0.05) is 17.0 Å². The lowest BCUT2D eigenvalue weighted by Gasteiger charge is -2.37. The van der Waals surface area contributed by atoms with Crippen LogP contribution in [0, 0.1) is 0 Å². The summed E-state index contributed by atoms with van der Waals surface area (Å²) in [6.45, 7) is 0. The highest BCUT2D eigenvalue weighted by molar-refractivity contribution is 8.03. The number of carboxylic acids is 1. The lowest BCUT2D eigenvalue weighted by Crippen LogP contribution is -2.51. The molecule has 2 aromatic heterocycles. The number of carboxylic acid groups (broad SMARTS) is 1. The lowest BCUT2D eigenvalue weighted by molar-refractivity contribution is -0.141. The van der Waals surface area contributed by atoms with Crippen molar-refractivity contribution >= 4 is 41.1 Å². The van der Waals surface area contributed by atoms with E-state index in [1.807, 2.05) is 5.38 Å². The van der Waals surface area contributed by atoms with E-state index in [9.17, 15) is 9.59 Å². The van der Waals surface area contributed by atoms with Crippen molar-refractivity contribution in [3.63, 3.8) is 0 Å². The van der Waals surface area contributed by atoms with Gasteiger partial charge in [-0.15, -0.1) is 23.1 Å². The van der Waals surface area contributed by atoms with Crippen LogP contribution in [-0.4, -0.2) is 42.2 Å². The van der Waals surface area contributed by atoms with Crippen molar-refractivity contribution in [3.05, 3.63) is 40.1 Å². The highest BCUT2D eigenvalue weighted by Gasteiger charge is 2.49. The number of fused-ring (bicyclic) bond motifs is 1. The summed E-state index contributed by atoms with van der Waals surface area (Å²) in [6, 6.07) is 0. The lowest BCUT2D eigenvalue weighted by atomic mass is 10.0. The Kier molecular flexibility index (Phi) is 2.91. The molecule has 1 amide bonds. The molecule has 0 spiro atoms. The molecule has 1 saturated heterocycles. The second-order valence-electron chi connectivity index (χ2n) is 4.60. The van der Waals surface area contributed by atoms with Gasteiger partial charge in [-0.05, 0) is 6.08 Å². The van der Waals surface area contributed by atoms with Crippen molar-refractivity contribution in [1.82, 2.24) is 19.9 Å². The van der Waals surface area contributed by atoms with Crippen molar-refractivity contribution < 1.29 is 14.7 Å². The molecule has 0 aromatic carbocycles. The molecule has 2 aliphatic heterocycles. The molecular formula is C13H8N4O3S2. The maximum absolute atomic E-state index is 12.1. The Morgan fingerprint density at radius 3 is 3.05 bits per heavy atom. The zero-order valence-corrected chi connectivity index (χ0v) is 12.5. The fraction of sp³-hybridized carbons (Fsp3) is 0.0769. The number of nitrogens with zero attached hydrogens (tertiary/aromatic N) is 3. The van der Waals surface area contributed by atoms with E-state index in [-0.39, 0.29) is 17.0 Å². The fourth-order valence-electron chi connectivity index (χ4n) is 2.29. The minimum atomic E-state index is -1.09. The van der Waals surface area contributed by atoms with E-state index in [1.54, 1.807) is 18.5 Å². The van der Waals surface area contributed by atoms with Gasteiger partial charge in [-0.2, -0.15) is 0 Å². The predicted octanol–water partition coefficient (Wildman–Crippen LogP) is 1.76. The number of amides is 1. The summed E-state index contributed by atoms with van der Waals surface area (Å²) in [4.78, 5) is 35.9. The molecule has 9 heteroatoms. The normalized spacial score (nSPS) is 21.7. The summed E-state index contributed by atoms with van der Waals surface area (Å²) in [5.41, 5.74) is 1.29. The van der Waals surface area contributed by atoms with E-state index < -0.39 is 5.97 Å². The number of β-lactam (4-membered cyclic amide) rings is 1. The van der Waals surface area contributed by atoms with Crippen LogP contribution in [0.1, 0.15) is 5.69 Å². The minimum Gasteiger partial charge on any atom is -0.477 e. The van der Waals surface area contributed by atoms with E-state index in [4.69, 9.17) is 5.11 Å². The first-order valence-corrected chi connectivity index (χ1v) is 8.06. The van der Waals surface area contributed by atoms with E-state index in [0.717, 1.165) is 5.01 Å². The highest BCUT2D eigenvalue weighted by Crippen LogP contribution is 2.45. The Bertz CT molecular complexity index is 837. The van der Waals surface area contributed by atoms with Crippen molar-refractivity contribution in [2.45, 2.75) is 5.37 Å². The molecule has 0 bridgehead atoms. The number of imidazole rings is 1. The Morgan fingerprint density at radius 1 is 1.45 bits per heavy atom. The standard InChI is InChI=1S/C13H8N4O3S2/c18-11-7(12-17(11)8(5-22-12)13(19)20)3-6-4-15-9(16-6)10-14-1-2-21-10/h1-5,12H,(H,15,16)(H,19,20). The second kappa shape index (κ2) is 4.82. The molecule has 0 radical (unpaired) electrons. The molecular weight excluding hydrogens is 324 g/mol. The van der Waals surface area contributed by atoms with Crippen LogP contribution in [0.2, 0.25) is 0 Å². The highest BCUT2D eigenvalue weighted by atomic mass is 32.2. The summed E-state index contributed by atoms with van der Waals surface area (Å²) >= 11 is 2.78. The molecule has 0 saturated carbocycles. The van der Waals surface area contributed by atoms with E-state index >= 15 is 0 Å². The molecule has 0 aliphatic carbocycles. The van der Waals surface area contributed by atoms with Gasteiger partial charge in [-0.3, -0.25) is 9.69 Å². The molecule has 1 fully saturated rings. The third-order valence-electron chi connectivity index (χ3n) is 3.29. The summed E-state index contributed by atoms with van der Waals surface area (Å²) in [5.74, 6) is -0.724. The van der Waals surface area contributed by atoms with Crippen molar-refractivity contribution in [1.29, 1.82) is 0 Å². The molecule has 2 aromatic rings. The van der Waals surface area contributed by atoms with Gasteiger partial charge in [0.15, 0.2) is 10.8 Å². The van der Waals surface area contributed by atoms with Crippen LogP contribution >= 0.6 is 23.1 Å². The number of thioether (sulfide) groups is 1. The Labute approximate surface area is 132 Å². The number of hydrogen-bond acceptors (Lipinski definition) is 6. The van der Waals surface area contributed by atoms with Crippen molar-refractivity contribution in [3.8, 4) is 10.8 Å². The number of rotatable bonds is 3. The Hall–Kier alpha value is -2.39. The first-order valence-electron chi connectivity index (χ1n) is 6.24. The fourth-order valence-corrected chi connectivity index (χ4v) is 4.00. The molecule has 4 heterocycles. The number of aromatic nitrogens is 3. The Balaban J connectivity index is 1.58. The molecule has 2 aliphatic rings. The minimum absolute atomic E-state index is 0.0326. The first-order chi connectivity index (χ1) is 10.6. The molecule has 4 rings (SSSR count). The third-order valence-corrected chi connectivity index (χ3v) is 5.16. The smallest absolute Gasteiger partial charge is 0.353 e. The van der Waals surface area contributed by atoms with Crippen LogP contribution in [0.5, 0.6) is 0 Å². The number of thiazole rings is 1. The second-order valence-corrected chi connectivity index (χ2v) is 6.44. The van der Waals surface area contributed by atoms with Gasteiger partial charge in [-0.1, -0.05) is 0 Å². The topological polar surface area (TPSA) is 99.2 Å². The van der Waals surface area contributed by atoms with Crippen molar-refractivity contribution in [2.24, 2.45) is 0 Å². The molecule has 1 atom stereocenters. The maximum atomic E-state index is 12.1. The zero-order valence-electron chi connectivity index (χ0n) is 10.9. The largest absolute Gasteiger partial charge is 0.477 e. The summed E-state index contributed by atoms with van der Waals surface area (Å²) in [6.07, 6.45) is 5.03. The van der Waals surface area contributed by atoms with Gasteiger partial charge < -0.3 is 10.1 Å². The summed E-state index contributed by atoms with van der Waals surface area (Å²) in [5, 5.41) is 12.9. The third kappa shape index (κ3) is 1.90. The van der Waals surface area contributed by atoms with Crippen LogP contribution in [0.4, 0.5) is 0 Å². The molecule has 1 unspecified atom stereocenters. The van der Waals surface area contributed by atoms with E-state index in [1.165, 1.54) is 33.4 Å². The maximum Gasteiger partial charge on any atom is 0.353 e. The van der Waals surface area contributed by atoms with Crippen LogP contribution < -0.4 is 0 Å². The number of aromatic amines is 1. The monoisotopic (exact) mass is 332 g/mol. The zero-order chi connectivity index (χ0) is 15.3. The average molecular weight is 332 g/mol. The van der Waals surface area contributed by atoms with Gasteiger partial charge in [-0.25, -0.2) is 14.8 Å². The number of nitrogens with one attached hydrogen (secondary N) is 1. The van der Waals surface area contributed by atoms with Gasteiger partial charge >= 0.3 is 5.97 Å². The number of carbonyl (C=O) groups is 2. The van der Waals surface area contributed by atoms with Crippen molar-refractivity contribution in [2.75, 3.05) is 0 Å². The summed E-state index contributed by atoms with van der Waals surface area (Å²) < 4.78 is 0. The average Bonchev–Trinajstić information content (AvgIpc) is 3.22. The first kappa shape index (κ1) is 13.3. The molecule has 2 N–H and O–H groups in total. The molecule has 7 nitrogen and oxygen atoms in total. The van der Waals surface area contributed by atoms with E-state index in [0.29, 0.717) is 17.1 Å². The Morgan fingerprint density at radius 2 is 2.32 bits per heavy atom. The van der Waals surface area contributed by atoms with E-state index in [2.05, 4.69) is 15.0 Å². The van der Waals surface area contributed by atoms with Crippen LogP contribution in [0.15, 0.2) is 34.5 Å². The van der Waals surface area contributed by atoms with Crippen LogP contribution in [-0.2, 0) is 9.59 Å². The number of H-pyrrole nitrogens is 1. The van der Waals surface area contributed by atoms with Crippen LogP contribution in [0.25, 0.3) is 16.9 Å². The number of hydrogen-bond donors (Lipinski definition) is 2. The quantitative estimate of drug-likeness (QED) is 0.656. The van der Waals surface area contributed by atoms with Gasteiger partial charge in [0.1, 0.15) is 11.1 Å². The molecule has 22 heavy (non-hydrogen) atoms. The SMILES string of the molecule is O=C(O)C1=CSC2C(=Cc3cnc(-c4nccs4)[nH]3)C(=O)N12. The number of carbonyl (C=O) groups excluding carboxylic acids is 1.